The molecule has 1 atom stereocenters. The predicted molar refractivity (Wildman–Crippen MR) is 69.6 cm³/mol. The maximum Gasteiger partial charge on any atom is 0.361 e. The molecule has 1 N–H and O–H groups in total. The second-order valence-electron chi connectivity index (χ2n) is 3.27. The molecule has 1 aliphatic rings. The van der Waals surface area contributed by atoms with Crippen LogP contribution in [0.3, 0.4) is 0 Å². The van der Waals surface area contributed by atoms with Crippen LogP contribution in [0.1, 0.15) is 25.7 Å². The molecule has 0 aliphatic heterocycles. The molecule has 0 aromatic carbocycles. The third-order valence-electron chi connectivity index (χ3n) is 2.24. The zero-order valence-electron chi connectivity index (χ0n) is 9.01. The molecule has 15 heavy (non-hydrogen) atoms. The molecule has 0 bridgehead atoms. The van der Waals surface area contributed by atoms with Crippen molar-refractivity contribution in [1.82, 2.24) is 5.09 Å². The van der Waals surface area contributed by atoms with Crippen LogP contribution >= 0.6 is 27.9 Å². The highest BCUT2D eigenvalue weighted by Gasteiger charge is 2.20. The zero-order chi connectivity index (χ0) is 11.1. The van der Waals surface area contributed by atoms with Crippen molar-refractivity contribution in [2.45, 2.75) is 31.7 Å². The molecule has 1 fully saturated rings. The maximum atomic E-state index is 11.9. The Kier molecular flexibility index (Phi) is 6.12. The first kappa shape index (κ1) is 13.4. The van der Waals surface area contributed by atoms with Crippen molar-refractivity contribution in [3.63, 3.8) is 0 Å². The van der Waals surface area contributed by atoms with Crippen molar-refractivity contribution in [3.8, 4) is 0 Å². The Hall–Kier alpha value is 0.360. The molecule has 1 rings (SSSR count). The van der Waals surface area contributed by atoms with E-state index >= 15 is 0 Å². The lowest BCUT2D eigenvalue weighted by atomic mass is 10.3. The minimum absolute atomic E-state index is 0.405. The molecular weight excluding hydrogens is 251 g/mol. The fourth-order valence-corrected chi connectivity index (χ4v) is 5.82. The van der Waals surface area contributed by atoms with Crippen molar-refractivity contribution in [1.29, 1.82) is 0 Å². The van der Waals surface area contributed by atoms with Crippen LogP contribution in [-0.2, 0) is 9.09 Å². The highest BCUT2D eigenvalue weighted by molar-refractivity contribution is 8.98. The van der Waals surface area contributed by atoms with Gasteiger partial charge in [0.2, 0.25) is 0 Å². The lowest BCUT2D eigenvalue weighted by Gasteiger charge is -2.12. The normalized spacial score (nSPS) is 22.0. The van der Waals surface area contributed by atoms with Gasteiger partial charge in [0.25, 0.3) is 0 Å². The largest absolute Gasteiger partial charge is 0.361 e. The van der Waals surface area contributed by atoms with Gasteiger partial charge in [0.1, 0.15) is 0 Å². The van der Waals surface area contributed by atoms with Crippen LogP contribution < -0.4 is 5.09 Å². The number of rotatable bonds is 6. The summed E-state index contributed by atoms with van der Waals surface area (Å²) in [4.78, 5) is 4.33. The smallest absolute Gasteiger partial charge is 0.309 e. The first-order chi connectivity index (χ1) is 7.20. The maximum absolute atomic E-state index is 11.9. The molecule has 0 saturated heterocycles. The summed E-state index contributed by atoms with van der Waals surface area (Å²) in [5.41, 5.74) is 0. The number of nitrogens with one attached hydrogen (secondary N) is 1. The lowest BCUT2D eigenvalue weighted by molar-refractivity contribution is 0.406. The Morgan fingerprint density at radius 1 is 1.53 bits per heavy atom. The van der Waals surface area contributed by atoms with Crippen molar-refractivity contribution < 1.29 is 9.09 Å². The van der Waals surface area contributed by atoms with Crippen LogP contribution in [0.2, 0.25) is 0 Å². The summed E-state index contributed by atoms with van der Waals surface area (Å²) < 4.78 is 16.8. The molecule has 0 amide bonds. The molecule has 1 saturated carbocycles. The van der Waals surface area contributed by atoms with Gasteiger partial charge in [-0.15, -0.1) is 0 Å². The van der Waals surface area contributed by atoms with Crippen molar-refractivity contribution in [2.75, 3.05) is 13.4 Å². The molecule has 0 aromatic heterocycles. The van der Waals surface area contributed by atoms with Gasteiger partial charge in [-0.1, -0.05) is 23.6 Å². The van der Waals surface area contributed by atoms with Gasteiger partial charge in [0.15, 0.2) is 0 Å². The van der Waals surface area contributed by atoms with Crippen LogP contribution in [0.5, 0.6) is 0 Å². The zero-order valence-corrected chi connectivity index (χ0v) is 11.5. The summed E-state index contributed by atoms with van der Waals surface area (Å²) in [5.74, 6) is 0. The Balaban J connectivity index is 2.35. The van der Waals surface area contributed by atoms with Gasteiger partial charge in [-0.2, -0.15) is 0 Å². The molecule has 0 aromatic rings. The SMILES string of the molecule is COP(=O)(NC=NC1CCCC1)SSC. The minimum atomic E-state index is -2.78. The van der Waals surface area contributed by atoms with E-state index in [-0.39, 0.29) is 0 Å². The summed E-state index contributed by atoms with van der Waals surface area (Å²) in [6.07, 6.45) is 8.21. The number of hydrogen-bond acceptors (Lipinski definition) is 5. The van der Waals surface area contributed by atoms with Gasteiger partial charge in [0, 0.05) is 17.5 Å². The quantitative estimate of drug-likeness (QED) is 0.346. The van der Waals surface area contributed by atoms with Crippen molar-refractivity contribution in [3.05, 3.63) is 0 Å². The number of nitrogens with zero attached hydrogens (tertiary/aromatic N) is 1. The third kappa shape index (κ3) is 4.81. The number of aliphatic imine (C=N–C) groups is 1. The van der Waals surface area contributed by atoms with E-state index in [1.54, 1.807) is 6.34 Å². The molecule has 88 valence electrons. The Morgan fingerprint density at radius 2 is 2.20 bits per heavy atom. The van der Waals surface area contributed by atoms with Gasteiger partial charge in [-0.25, -0.2) is 0 Å². The second-order valence-corrected chi connectivity index (χ2v) is 9.60. The Bertz CT molecular complexity index is 257. The molecular formula is C8H17N2O2PS2. The molecule has 1 aliphatic carbocycles. The van der Waals surface area contributed by atoms with E-state index in [0.717, 1.165) is 12.8 Å². The van der Waals surface area contributed by atoms with E-state index in [2.05, 4.69) is 10.1 Å². The summed E-state index contributed by atoms with van der Waals surface area (Å²) in [7, 11) is 4.07. The Labute approximate surface area is 98.7 Å². The molecule has 1 unspecified atom stereocenters. The number of hydrogen-bond donors (Lipinski definition) is 1. The highest BCUT2D eigenvalue weighted by atomic mass is 33.3. The van der Waals surface area contributed by atoms with Gasteiger partial charge >= 0.3 is 6.72 Å². The molecule has 4 nitrogen and oxygen atoms in total. The van der Waals surface area contributed by atoms with E-state index in [0.29, 0.717) is 6.04 Å². The van der Waals surface area contributed by atoms with E-state index < -0.39 is 6.72 Å². The van der Waals surface area contributed by atoms with E-state index in [1.165, 1.54) is 41.2 Å². The predicted octanol–water partition coefficient (Wildman–Crippen LogP) is 3.31. The minimum Gasteiger partial charge on any atom is -0.309 e. The van der Waals surface area contributed by atoms with Gasteiger partial charge < -0.3 is 4.52 Å². The highest BCUT2D eigenvalue weighted by Crippen LogP contribution is 2.59. The second kappa shape index (κ2) is 6.84. The molecule has 0 spiro atoms. The van der Waals surface area contributed by atoms with E-state index in [9.17, 15) is 4.57 Å². The van der Waals surface area contributed by atoms with Gasteiger partial charge in [-0.05, 0) is 19.1 Å². The van der Waals surface area contributed by atoms with E-state index in [1.807, 2.05) is 6.26 Å². The monoisotopic (exact) mass is 268 g/mol. The van der Waals surface area contributed by atoms with E-state index in [4.69, 9.17) is 4.52 Å². The first-order valence-corrected chi connectivity index (χ1v) is 9.66. The van der Waals surface area contributed by atoms with Crippen molar-refractivity contribution in [2.24, 2.45) is 4.99 Å². The fourth-order valence-electron chi connectivity index (χ4n) is 1.47. The van der Waals surface area contributed by atoms with Crippen LogP contribution in [0.15, 0.2) is 4.99 Å². The van der Waals surface area contributed by atoms with Crippen LogP contribution in [0, 0.1) is 0 Å². The molecule has 0 radical (unpaired) electrons. The summed E-state index contributed by atoms with van der Waals surface area (Å²) in [5, 5.41) is 2.76. The lowest BCUT2D eigenvalue weighted by Crippen LogP contribution is -2.08. The van der Waals surface area contributed by atoms with Gasteiger partial charge in [-0.3, -0.25) is 14.6 Å². The summed E-state index contributed by atoms with van der Waals surface area (Å²) in [6, 6.07) is 0.405. The summed E-state index contributed by atoms with van der Waals surface area (Å²) in [6.45, 7) is -2.78. The Morgan fingerprint density at radius 3 is 2.73 bits per heavy atom. The summed E-state index contributed by atoms with van der Waals surface area (Å²) >= 11 is 0. The third-order valence-corrected chi connectivity index (χ3v) is 8.40. The topological polar surface area (TPSA) is 50.7 Å². The van der Waals surface area contributed by atoms with Crippen LogP contribution in [-0.4, -0.2) is 25.7 Å². The fraction of sp³-hybridized carbons (Fsp3) is 0.875. The molecule has 0 heterocycles. The van der Waals surface area contributed by atoms with Crippen molar-refractivity contribution >= 4 is 34.3 Å². The molecule has 7 heteroatoms. The average molecular weight is 268 g/mol. The average Bonchev–Trinajstić information content (AvgIpc) is 2.71. The standard InChI is InChI=1S/C8H17N2O2PS2/c1-12-13(11,15-14-2)10-7-9-8-5-3-4-6-8/h7-8H,3-6H2,1-2H3,(H,9,10,11). The van der Waals surface area contributed by atoms with Crippen LogP contribution in [0.4, 0.5) is 0 Å². The van der Waals surface area contributed by atoms with Crippen LogP contribution in [0.25, 0.3) is 0 Å². The van der Waals surface area contributed by atoms with Gasteiger partial charge in [0.05, 0.1) is 12.4 Å². The first-order valence-electron chi connectivity index (χ1n) is 4.88.